The smallest absolute Gasteiger partial charge is 0.0799 e. The Bertz CT molecular complexity index is 740. The van der Waals surface area contributed by atoms with Gasteiger partial charge in [0.25, 0.3) is 0 Å². The van der Waals surface area contributed by atoms with Crippen LogP contribution in [0.3, 0.4) is 0 Å². The zero-order chi connectivity index (χ0) is 15.6. The highest BCUT2D eigenvalue weighted by Gasteiger charge is 2.32. The van der Waals surface area contributed by atoms with Gasteiger partial charge in [0, 0.05) is 11.7 Å². The molecule has 0 amide bonds. The van der Waals surface area contributed by atoms with Crippen LogP contribution in [0.2, 0.25) is 0 Å². The number of hydrogen-bond donors (Lipinski definition) is 0. The molecular weight excluding hydrogens is 278 g/mol. The van der Waals surface area contributed by atoms with E-state index in [9.17, 15) is 0 Å². The first kappa shape index (κ1) is 14.1. The van der Waals surface area contributed by atoms with E-state index in [1.165, 1.54) is 22.4 Å². The number of anilines is 1. The van der Waals surface area contributed by atoms with Crippen LogP contribution in [-0.2, 0) is 6.42 Å². The molecule has 0 saturated carbocycles. The fourth-order valence-corrected chi connectivity index (χ4v) is 3.77. The Morgan fingerprint density at radius 3 is 1.87 bits per heavy atom. The fourth-order valence-electron chi connectivity index (χ4n) is 3.77. The summed E-state index contributed by atoms with van der Waals surface area (Å²) >= 11 is 0. The molecule has 0 N–H and O–H groups in total. The van der Waals surface area contributed by atoms with Gasteiger partial charge in [0.1, 0.15) is 0 Å². The van der Waals surface area contributed by atoms with Gasteiger partial charge in [-0.2, -0.15) is 0 Å². The summed E-state index contributed by atoms with van der Waals surface area (Å²) in [5, 5.41) is 0. The van der Waals surface area contributed by atoms with Gasteiger partial charge in [-0.3, -0.25) is 0 Å². The summed E-state index contributed by atoms with van der Waals surface area (Å²) in [6.07, 6.45) is 1.12. The minimum atomic E-state index is 0.260. The van der Waals surface area contributed by atoms with Gasteiger partial charge in [-0.1, -0.05) is 78.9 Å². The van der Waals surface area contributed by atoms with Gasteiger partial charge in [0.05, 0.1) is 6.04 Å². The molecule has 1 aliphatic heterocycles. The zero-order valence-corrected chi connectivity index (χ0v) is 13.4. The molecule has 1 aliphatic rings. The van der Waals surface area contributed by atoms with Crippen LogP contribution in [0, 0.1) is 0 Å². The predicted molar refractivity (Wildman–Crippen MR) is 96.8 cm³/mol. The molecule has 1 atom stereocenters. The van der Waals surface area contributed by atoms with E-state index in [4.69, 9.17) is 0 Å². The summed E-state index contributed by atoms with van der Waals surface area (Å²) in [4.78, 5) is 2.58. The largest absolute Gasteiger partial charge is 0.357 e. The molecule has 1 heterocycles. The molecular formula is C22H21N. The highest BCUT2D eigenvalue weighted by Crippen LogP contribution is 2.41. The predicted octanol–water partition coefficient (Wildman–Crippen LogP) is 5.23. The first-order chi connectivity index (χ1) is 11.3. The Morgan fingerprint density at radius 1 is 0.739 bits per heavy atom. The summed E-state index contributed by atoms with van der Waals surface area (Å²) in [7, 11) is 0. The lowest BCUT2D eigenvalue weighted by molar-refractivity contribution is 0.617. The minimum Gasteiger partial charge on any atom is -0.357 e. The maximum Gasteiger partial charge on any atom is 0.0799 e. The van der Waals surface area contributed by atoms with Crippen molar-refractivity contribution in [1.82, 2.24) is 0 Å². The Labute approximate surface area is 138 Å². The van der Waals surface area contributed by atoms with E-state index in [0.29, 0.717) is 6.04 Å². The molecule has 3 aromatic rings. The molecule has 0 fully saturated rings. The highest BCUT2D eigenvalue weighted by molar-refractivity contribution is 5.62. The van der Waals surface area contributed by atoms with Crippen molar-refractivity contribution in [2.45, 2.75) is 25.4 Å². The average Bonchev–Trinajstić information content (AvgIpc) is 2.94. The second-order valence-electron chi connectivity index (χ2n) is 6.31. The topological polar surface area (TPSA) is 3.24 Å². The maximum absolute atomic E-state index is 2.58. The number of rotatable bonds is 3. The molecule has 0 aliphatic carbocycles. The van der Waals surface area contributed by atoms with Crippen LogP contribution in [0.4, 0.5) is 5.69 Å². The quantitative estimate of drug-likeness (QED) is 0.640. The van der Waals surface area contributed by atoms with E-state index in [1.807, 2.05) is 0 Å². The minimum absolute atomic E-state index is 0.260. The molecule has 0 bridgehead atoms. The fraction of sp³-hybridized carbons (Fsp3) is 0.182. The van der Waals surface area contributed by atoms with Crippen molar-refractivity contribution in [3.8, 4) is 0 Å². The Hall–Kier alpha value is -2.54. The van der Waals surface area contributed by atoms with Gasteiger partial charge in [0.15, 0.2) is 0 Å². The van der Waals surface area contributed by atoms with E-state index in [2.05, 4.69) is 96.8 Å². The van der Waals surface area contributed by atoms with E-state index in [1.54, 1.807) is 0 Å². The van der Waals surface area contributed by atoms with Crippen molar-refractivity contribution in [2.24, 2.45) is 0 Å². The maximum atomic E-state index is 2.58. The van der Waals surface area contributed by atoms with Crippen LogP contribution in [0.25, 0.3) is 0 Å². The summed E-state index contributed by atoms with van der Waals surface area (Å²) in [6.45, 7) is 2.33. The molecule has 0 spiro atoms. The molecule has 0 radical (unpaired) electrons. The SMILES string of the molecule is CC1Cc2ccccc2N1C(c1ccccc1)c1ccccc1. The number of fused-ring (bicyclic) bond motifs is 1. The molecule has 114 valence electrons. The number of nitrogens with zero attached hydrogens (tertiary/aromatic N) is 1. The van der Waals surface area contributed by atoms with Gasteiger partial charge in [-0.05, 0) is 36.1 Å². The summed E-state index contributed by atoms with van der Waals surface area (Å²) in [6, 6.07) is 31.3. The lowest BCUT2D eigenvalue weighted by Gasteiger charge is -2.35. The highest BCUT2D eigenvalue weighted by atomic mass is 15.2. The first-order valence-corrected chi connectivity index (χ1v) is 8.31. The van der Waals surface area contributed by atoms with Crippen LogP contribution >= 0.6 is 0 Å². The van der Waals surface area contributed by atoms with Crippen LogP contribution in [0.1, 0.15) is 29.7 Å². The third kappa shape index (κ3) is 2.53. The monoisotopic (exact) mass is 299 g/mol. The lowest BCUT2D eigenvalue weighted by atomic mass is 9.96. The Balaban J connectivity index is 1.86. The normalized spacial score (nSPS) is 16.6. The summed E-state index contributed by atoms with van der Waals surface area (Å²) < 4.78 is 0. The van der Waals surface area contributed by atoms with E-state index in [-0.39, 0.29) is 6.04 Å². The number of hydrogen-bond acceptors (Lipinski definition) is 1. The Morgan fingerprint density at radius 2 is 1.26 bits per heavy atom. The Kier molecular flexibility index (Phi) is 3.63. The third-order valence-corrected chi connectivity index (χ3v) is 4.77. The average molecular weight is 299 g/mol. The van der Waals surface area contributed by atoms with Gasteiger partial charge < -0.3 is 4.90 Å². The molecule has 1 unspecified atom stereocenters. The van der Waals surface area contributed by atoms with E-state index >= 15 is 0 Å². The summed E-state index contributed by atoms with van der Waals surface area (Å²) in [5.74, 6) is 0. The van der Waals surface area contributed by atoms with Crippen molar-refractivity contribution >= 4 is 5.69 Å². The zero-order valence-electron chi connectivity index (χ0n) is 13.4. The number of para-hydroxylation sites is 1. The van der Waals surface area contributed by atoms with Gasteiger partial charge >= 0.3 is 0 Å². The van der Waals surface area contributed by atoms with Crippen molar-refractivity contribution in [1.29, 1.82) is 0 Å². The molecule has 3 aromatic carbocycles. The molecule has 1 heteroatoms. The molecule has 0 aromatic heterocycles. The van der Waals surface area contributed by atoms with Crippen LogP contribution in [0.15, 0.2) is 84.9 Å². The second-order valence-corrected chi connectivity index (χ2v) is 6.31. The van der Waals surface area contributed by atoms with Crippen molar-refractivity contribution in [3.63, 3.8) is 0 Å². The molecule has 1 nitrogen and oxygen atoms in total. The van der Waals surface area contributed by atoms with Crippen LogP contribution < -0.4 is 4.90 Å². The first-order valence-electron chi connectivity index (χ1n) is 8.31. The lowest BCUT2D eigenvalue weighted by Crippen LogP contribution is -2.34. The molecule has 0 saturated heterocycles. The van der Waals surface area contributed by atoms with Crippen LogP contribution in [0.5, 0.6) is 0 Å². The van der Waals surface area contributed by atoms with Crippen LogP contribution in [-0.4, -0.2) is 6.04 Å². The number of benzene rings is 3. The molecule has 4 rings (SSSR count). The van der Waals surface area contributed by atoms with E-state index in [0.717, 1.165) is 6.42 Å². The van der Waals surface area contributed by atoms with Crippen molar-refractivity contribution in [3.05, 3.63) is 102 Å². The van der Waals surface area contributed by atoms with Gasteiger partial charge in [-0.15, -0.1) is 0 Å². The summed E-state index contributed by atoms with van der Waals surface area (Å²) in [5.41, 5.74) is 5.53. The standard InChI is InChI=1S/C22H21N/c1-17-16-20-14-8-9-15-21(20)23(17)22(18-10-4-2-5-11-18)19-12-6-3-7-13-19/h2-15,17,22H,16H2,1H3. The van der Waals surface area contributed by atoms with Gasteiger partial charge in [-0.25, -0.2) is 0 Å². The second kappa shape index (κ2) is 5.92. The molecule has 23 heavy (non-hydrogen) atoms. The van der Waals surface area contributed by atoms with Gasteiger partial charge in [0.2, 0.25) is 0 Å². The van der Waals surface area contributed by atoms with E-state index < -0.39 is 0 Å². The van der Waals surface area contributed by atoms with Crippen molar-refractivity contribution < 1.29 is 0 Å². The van der Waals surface area contributed by atoms with Crippen molar-refractivity contribution in [2.75, 3.05) is 4.90 Å². The third-order valence-electron chi connectivity index (χ3n) is 4.77.